The highest BCUT2D eigenvalue weighted by Crippen LogP contribution is 2.28. The number of carbonyl (C=O) groups is 1. The molecule has 0 amide bonds. The van der Waals surface area contributed by atoms with Crippen LogP contribution in [0, 0.1) is 0 Å². The summed E-state index contributed by atoms with van der Waals surface area (Å²) in [7, 11) is -2.65. The van der Waals surface area contributed by atoms with E-state index in [1.165, 1.54) is 6.42 Å². The monoisotopic (exact) mass is 287 g/mol. The minimum absolute atomic E-state index is 0.00852. The highest BCUT2D eigenvalue weighted by atomic mass is 28.4. The molecule has 0 aromatic rings. The maximum absolute atomic E-state index is 11.5. The molecule has 1 atom stereocenters. The van der Waals surface area contributed by atoms with Gasteiger partial charge in [0.25, 0.3) is 0 Å². The summed E-state index contributed by atoms with van der Waals surface area (Å²) in [5.74, 6) is -0.00852. The standard InChI is InChI=1S/C13H29NO2Si2/c1-17(2,3)14(18(4,5)6)12-8-7-11-16-13(15)10-9-12/h12H,7-11H2,1-6H3. The van der Waals surface area contributed by atoms with Crippen molar-refractivity contribution in [1.82, 2.24) is 4.23 Å². The highest BCUT2D eigenvalue weighted by Gasteiger charge is 2.39. The minimum Gasteiger partial charge on any atom is -0.466 e. The van der Waals surface area contributed by atoms with Crippen LogP contribution in [-0.4, -0.2) is 39.3 Å². The van der Waals surface area contributed by atoms with Crippen molar-refractivity contribution in [1.29, 1.82) is 0 Å². The van der Waals surface area contributed by atoms with Gasteiger partial charge in [0.05, 0.1) is 6.61 Å². The van der Waals surface area contributed by atoms with Crippen LogP contribution in [0.4, 0.5) is 0 Å². The number of hydrogen-bond donors (Lipinski definition) is 0. The normalized spacial score (nSPS) is 23.5. The number of esters is 1. The van der Waals surface area contributed by atoms with Gasteiger partial charge in [-0.15, -0.1) is 0 Å². The maximum atomic E-state index is 11.5. The molecule has 1 aliphatic heterocycles. The Bertz CT molecular complexity index is 280. The van der Waals surface area contributed by atoms with Crippen molar-refractivity contribution in [2.24, 2.45) is 0 Å². The molecule has 1 heterocycles. The van der Waals surface area contributed by atoms with Crippen molar-refractivity contribution in [3.8, 4) is 0 Å². The molecule has 0 radical (unpaired) electrons. The van der Waals surface area contributed by atoms with E-state index in [0.717, 1.165) is 12.8 Å². The van der Waals surface area contributed by atoms with E-state index in [1.807, 2.05) is 0 Å². The molecule has 0 aliphatic carbocycles. The van der Waals surface area contributed by atoms with Crippen LogP contribution in [-0.2, 0) is 9.53 Å². The zero-order valence-corrected chi connectivity index (χ0v) is 14.9. The van der Waals surface area contributed by atoms with E-state index in [2.05, 4.69) is 43.5 Å². The molecule has 0 N–H and O–H groups in total. The number of carbonyl (C=O) groups excluding carboxylic acids is 1. The maximum Gasteiger partial charge on any atom is 0.305 e. The van der Waals surface area contributed by atoms with E-state index in [-0.39, 0.29) is 5.97 Å². The molecular formula is C13H29NO2Si2. The van der Waals surface area contributed by atoms with Gasteiger partial charge in [-0.05, 0) is 25.3 Å². The number of ether oxygens (including phenoxy) is 1. The van der Waals surface area contributed by atoms with E-state index < -0.39 is 16.5 Å². The second kappa shape index (κ2) is 5.88. The first-order chi connectivity index (χ1) is 8.12. The number of rotatable bonds is 3. The van der Waals surface area contributed by atoms with Crippen LogP contribution < -0.4 is 0 Å². The summed E-state index contributed by atoms with van der Waals surface area (Å²) in [5, 5.41) is 0. The van der Waals surface area contributed by atoms with Crippen LogP contribution in [0.25, 0.3) is 0 Å². The topological polar surface area (TPSA) is 29.5 Å². The van der Waals surface area contributed by atoms with Crippen LogP contribution in [0.1, 0.15) is 25.7 Å². The lowest BCUT2D eigenvalue weighted by Gasteiger charge is -2.49. The van der Waals surface area contributed by atoms with E-state index in [1.54, 1.807) is 0 Å². The Hall–Kier alpha value is -0.136. The molecule has 106 valence electrons. The summed E-state index contributed by atoms with van der Waals surface area (Å²) in [4.78, 5) is 11.5. The fourth-order valence-electron chi connectivity index (χ4n) is 3.37. The van der Waals surface area contributed by atoms with Crippen LogP contribution >= 0.6 is 0 Å². The van der Waals surface area contributed by atoms with Gasteiger partial charge in [0.1, 0.15) is 16.5 Å². The Morgan fingerprint density at radius 3 is 2.11 bits per heavy atom. The lowest BCUT2D eigenvalue weighted by Crippen LogP contribution is -2.63. The molecule has 3 nitrogen and oxygen atoms in total. The Balaban J connectivity index is 2.87. The highest BCUT2D eigenvalue weighted by molar-refractivity contribution is 6.89. The first-order valence-electron chi connectivity index (χ1n) is 7.07. The number of cyclic esters (lactones) is 1. The fraction of sp³-hybridized carbons (Fsp3) is 0.923. The van der Waals surface area contributed by atoms with Crippen molar-refractivity contribution in [3.05, 3.63) is 0 Å². The average molecular weight is 288 g/mol. The average Bonchev–Trinajstić information content (AvgIpc) is 2.12. The molecule has 1 unspecified atom stereocenters. The minimum atomic E-state index is -1.33. The molecule has 5 heteroatoms. The molecule has 1 fully saturated rings. The SMILES string of the molecule is C[Si](C)(C)N(C1CCCOC(=O)CC1)[Si](C)(C)C. The first kappa shape index (κ1) is 15.9. The van der Waals surface area contributed by atoms with Crippen molar-refractivity contribution in [2.45, 2.75) is 71.0 Å². The molecular weight excluding hydrogens is 258 g/mol. The summed E-state index contributed by atoms with van der Waals surface area (Å²) in [6.45, 7) is 15.2. The lowest BCUT2D eigenvalue weighted by atomic mass is 10.1. The number of hydrogen-bond acceptors (Lipinski definition) is 3. The van der Waals surface area contributed by atoms with Gasteiger partial charge in [0, 0.05) is 6.42 Å². The fourth-order valence-corrected chi connectivity index (χ4v) is 14.1. The summed E-state index contributed by atoms with van der Waals surface area (Å²) < 4.78 is 7.99. The van der Waals surface area contributed by atoms with Gasteiger partial charge in [-0.3, -0.25) is 4.79 Å². The van der Waals surface area contributed by atoms with Crippen molar-refractivity contribution < 1.29 is 9.53 Å². The quantitative estimate of drug-likeness (QED) is 0.588. The zero-order valence-electron chi connectivity index (χ0n) is 12.9. The third-order valence-corrected chi connectivity index (χ3v) is 11.1. The van der Waals surface area contributed by atoms with Crippen LogP contribution in [0.5, 0.6) is 0 Å². The van der Waals surface area contributed by atoms with Crippen molar-refractivity contribution in [3.63, 3.8) is 0 Å². The predicted octanol–water partition coefficient (Wildman–Crippen LogP) is 3.44. The summed E-state index contributed by atoms with van der Waals surface area (Å²) in [6, 6.07) is 0.594. The third kappa shape index (κ3) is 4.51. The molecule has 18 heavy (non-hydrogen) atoms. The van der Waals surface area contributed by atoms with E-state index in [9.17, 15) is 4.79 Å². The molecule has 0 aromatic heterocycles. The Kier molecular flexibility index (Phi) is 5.20. The smallest absolute Gasteiger partial charge is 0.305 e. The molecule has 0 aromatic carbocycles. The van der Waals surface area contributed by atoms with Gasteiger partial charge >= 0.3 is 5.97 Å². The van der Waals surface area contributed by atoms with Crippen LogP contribution in [0.3, 0.4) is 0 Å². The molecule has 0 spiro atoms. The van der Waals surface area contributed by atoms with E-state index in [0.29, 0.717) is 19.1 Å². The van der Waals surface area contributed by atoms with Gasteiger partial charge < -0.3 is 8.97 Å². The third-order valence-electron chi connectivity index (χ3n) is 3.44. The van der Waals surface area contributed by atoms with Crippen LogP contribution in [0.2, 0.25) is 39.3 Å². The zero-order chi connectivity index (χ0) is 14.0. The molecule has 0 saturated carbocycles. The van der Waals surface area contributed by atoms with Crippen molar-refractivity contribution in [2.75, 3.05) is 6.61 Å². The summed E-state index contributed by atoms with van der Waals surface area (Å²) in [5.41, 5.74) is 0. The van der Waals surface area contributed by atoms with Gasteiger partial charge in [0.2, 0.25) is 0 Å². The second-order valence-corrected chi connectivity index (χ2v) is 17.4. The molecule has 1 saturated heterocycles. The van der Waals surface area contributed by atoms with Gasteiger partial charge in [-0.25, -0.2) is 0 Å². The summed E-state index contributed by atoms with van der Waals surface area (Å²) >= 11 is 0. The van der Waals surface area contributed by atoms with Gasteiger partial charge in [-0.2, -0.15) is 0 Å². The van der Waals surface area contributed by atoms with E-state index in [4.69, 9.17) is 4.74 Å². The predicted molar refractivity (Wildman–Crippen MR) is 81.7 cm³/mol. The summed E-state index contributed by atoms with van der Waals surface area (Å²) in [6.07, 6.45) is 3.77. The van der Waals surface area contributed by atoms with Crippen molar-refractivity contribution >= 4 is 22.4 Å². The van der Waals surface area contributed by atoms with E-state index >= 15 is 0 Å². The largest absolute Gasteiger partial charge is 0.466 e. The molecule has 1 aliphatic rings. The molecule has 0 bridgehead atoms. The number of nitrogens with zero attached hydrogens (tertiary/aromatic N) is 1. The first-order valence-corrected chi connectivity index (χ1v) is 14.0. The lowest BCUT2D eigenvalue weighted by molar-refractivity contribution is -0.144. The van der Waals surface area contributed by atoms with Crippen LogP contribution in [0.15, 0.2) is 0 Å². The Labute approximate surface area is 114 Å². The van der Waals surface area contributed by atoms with Gasteiger partial charge in [-0.1, -0.05) is 39.3 Å². The Morgan fingerprint density at radius 1 is 1.06 bits per heavy atom. The van der Waals surface area contributed by atoms with Gasteiger partial charge in [0.15, 0.2) is 0 Å². The second-order valence-electron chi connectivity index (χ2n) is 7.27. The Morgan fingerprint density at radius 2 is 1.61 bits per heavy atom. The molecule has 1 rings (SSSR count).